The fourth-order valence-electron chi connectivity index (χ4n) is 3.65. The van der Waals surface area contributed by atoms with E-state index in [4.69, 9.17) is 0 Å². The molecule has 3 aromatic rings. The Hall–Kier alpha value is -2.28. The van der Waals surface area contributed by atoms with Crippen LogP contribution in [0.3, 0.4) is 0 Å². The Bertz CT molecular complexity index is 863. The van der Waals surface area contributed by atoms with Crippen molar-refractivity contribution in [3.8, 4) is 0 Å². The standard InChI is InChI=1S/C24H22O3P.Rh/c1-19(26)17-23(27)24(18-25)28(20-11-5-2-6-12-20,21-13-7-3-8-14-21)22-15-9-4-10-16-22;/h2-16,18,24H,17H2,1H3;/q+1;. The van der Waals surface area contributed by atoms with E-state index in [0.717, 1.165) is 22.2 Å². The van der Waals surface area contributed by atoms with Crippen LogP contribution in [0.5, 0.6) is 0 Å². The number of hydrogen-bond acceptors (Lipinski definition) is 3. The summed E-state index contributed by atoms with van der Waals surface area (Å²) in [6.45, 7) is 1.38. The molecule has 0 heterocycles. The van der Waals surface area contributed by atoms with Gasteiger partial charge in [-0.3, -0.25) is 14.4 Å². The third-order valence-electron chi connectivity index (χ3n) is 4.79. The molecule has 0 saturated carbocycles. The average Bonchev–Trinajstić information content (AvgIpc) is 2.73. The summed E-state index contributed by atoms with van der Waals surface area (Å²) in [4.78, 5) is 37.2. The zero-order chi connectivity index (χ0) is 20.0. The van der Waals surface area contributed by atoms with Crippen molar-refractivity contribution < 1.29 is 33.9 Å². The molecule has 0 N–H and O–H groups in total. The second-order valence-corrected chi connectivity index (χ2v) is 10.2. The van der Waals surface area contributed by atoms with Gasteiger partial charge in [-0.05, 0) is 43.3 Å². The molecule has 0 spiro atoms. The molecule has 0 bridgehead atoms. The quantitative estimate of drug-likeness (QED) is 0.210. The van der Waals surface area contributed by atoms with Crippen molar-refractivity contribution in [3.05, 3.63) is 91.0 Å². The van der Waals surface area contributed by atoms with Gasteiger partial charge in [-0.15, -0.1) is 0 Å². The molecule has 3 rings (SSSR count). The normalized spacial score (nSPS) is 11.8. The number of benzene rings is 3. The smallest absolute Gasteiger partial charge is 0.196 e. The topological polar surface area (TPSA) is 51.2 Å². The summed E-state index contributed by atoms with van der Waals surface area (Å²) in [7, 11) is -2.65. The Morgan fingerprint density at radius 3 is 1.38 bits per heavy atom. The van der Waals surface area contributed by atoms with Gasteiger partial charge in [0.05, 0.1) is 6.42 Å². The number of hydrogen-bond donors (Lipinski definition) is 0. The van der Waals surface area contributed by atoms with E-state index in [-0.39, 0.29) is 37.5 Å². The van der Waals surface area contributed by atoms with Crippen LogP contribution in [0.2, 0.25) is 0 Å². The minimum absolute atomic E-state index is 0. The van der Waals surface area contributed by atoms with Gasteiger partial charge in [-0.25, -0.2) is 0 Å². The predicted octanol–water partition coefficient (Wildman–Crippen LogP) is 3.09. The molecule has 0 fully saturated rings. The molecule has 0 aliphatic rings. The number of carbonyl (C=O) groups is 3. The van der Waals surface area contributed by atoms with Gasteiger partial charge in [0.15, 0.2) is 17.7 Å². The molecule has 5 heteroatoms. The van der Waals surface area contributed by atoms with E-state index < -0.39 is 12.9 Å². The van der Waals surface area contributed by atoms with Crippen LogP contribution < -0.4 is 15.9 Å². The molecular formula is C24H22O3PRh+. The Balaban J connectivity index is 0.00000300. The number of Topliss-reactive ketones (excluding diaryl/α,β-unsaturated/α-hetero) is 2. The average molecular weight is 492 g/mol. The molecule has 0 amide bonds. The van der Waals surface area contributed by atoms with Crippen LogP contribution >= 0.6 is 7.26 Å². The van der Waals surface area contributed by atoms with Crippen molar-refractivity contribution in [3.63, 3.8) is 0 Å². The Labute approximate surface area is 184 Å². The minimum atomic E-state index is -2.65. The molecule has 0 aliphatic carbocycles. The summed E-state index contributed by atoms with van der Waals surface area (Å²) in [6, 6.07) is 29.2. The van der Waals surface area contributed by atoms with Crippen molar-refractivity contribution in [2.24, 2.45) is 0 Å². The van der Waals surface area contributed by atoms with E-state index >= 15 is 0 Å². The van der Waals surface area contributed by atoms with Gasteiger partial charge >= 0.3 is 0 Å². The fourth-order valence-corrected chi connectivity index (χ4v) is 8.14. The van der Waals surface area contributed by atoms with E-state index in [2.05, 4.69) is 0 Å². The monoisotopic (exact) mass is 492 g/mol. The molecule has 0 aromatic heterocycles. The molecule has 3 nitrogen and oxygen atoms in total. The van der Waals surface area contributed by atoms with Crippen LogP contribution in [0, 0.1) is 0 Å². The van der Waals surface area contributed by atoms with Crippen LogP contribution in [-0.2, 0) is 33.9 Å². The van der Waals surface area contributed by atoms with Crippen molar-refractivity contribution in [2.75, 3.05) is 0 Å². The largest absolute Gasteiger partial charge is 0.300 e. The summed E-state index contributed by atoms with van der Waals surface area (Å²) in [6.07, 6.45) is 0.504. The summed E-state index contributed by atoms with van der Waals surface area (Å²) >= 11 is 0. The maximum Gasteiger partial charge on any atom is 0.196 e. The number of carbonyl (C=O) groups excluding carboxylic acids is 3. The van der Waals surface area contributed by atoms with Crippen molar-refractivity contribution in [1.82, 2.24) is 0 Å². The molecular weight excluding hydrogens is 470 g/mol. The summed E-state index contributed by atoms with van der Waals surface area (Å²) in [5, 5.41) is 2.84. The maximum atomic E-state index is 13.1. The molecule has 0 saturated heterocycles. The second kappa shape index (κ2) is 10.5. The molecule has 1 radical (unpaired) electrons. The number of ketones is 2. The molecule has 1 atom stereocenters. The zero-order valence-electron chi connectivity index (χ0n) is 16.0. The first-order chi connectivity index (χ1) is 13.6. The van der Waals surface area contributed by atoms with Crippen molar-refractivity contribution >= 4 is 41.0 Å². The van der Waals surface area contributed by atoms with E-state index in [1.54, 1.807) is 0 Å². The van der Waals surface area contributed by atoms with Crippen LogP contribution in [0.4, 0.5) is 0 Å². The zero-order valence-corrected chi connectivity index (χ0v) is 18.6. The third kappa shape index (κ3) is 4.66. The first-order valence-electron chi connectivity index (χ1n) is 9.13. The number of aldehydes is 1. The maximum absolute atomic E-state index is 13.1. The molecule has 29 heavy (non-hydrogen) atoms. The van der Waals surface area contributed by atoms with Crippen LogP contribution in [0.25, 0.3) is 0 Å². The van der Waals surface area contributed by atoms with Gasteiger partial charge in [-0.2, -0.15) is 0 Å². The van der Waals surface area contributed by atoms with Crippen LogP contribution in [-0.4, -0.2) is 23.5 Å². The molecule has 1 unspecified atom stereocenters. The first kappa shape index (κ1) is 23.0. The Morgan fingerprint density at radius 2 is 1.10 bits per heavy atom. The molecule has 3 aromatic carbocycles. The van der Waals surface area contributed by atoms with Gasteiger partial charge in [0.1, 0.15) is 29.0 Å². The Kier molecular flexibility index (Phi) is 8.32. The predicted molar refractivity (Wildman–Crippen MR) is 115 cm³/mol. The summed E-state index contributed by atoms with van der Waals surface area (Å²) < 4.78 is 0. The SMILES string of the molecule is CC(=O)CC(=O)C(C=O)[P+](c1ccccc1)(c1ccccc1)c1ccccc1.[Rh]. The van der Waals surface area contributed by atoms with Crippen molar-refractivity contribution in [1.29, 1.82) is 0 Å². The summed E-state index contributed by atoms with van der Waals surface area (Å²) in [5.41, 5.74) is -0.913. The Morgan fingerprint density at radius 1 is 0.759 bits per heavy atom. The first-order valence-corrected chi connectivity index (χ1v) is 11.0. The van der Waals surface area contributed by atoms with E-state index in [0.29, 0.717) is 0 Å². The molecule has 149 valence electrons. The fraction of sp³-hybridized carbons (Fsp3) is 0.125. The van der Waals surface area contributed by atoms with Gasteiger partial charge in [0.25, 0.3) is 0 Å². The van der Waals surface area contributed by atoms with Crippen LogP contribution in [0.15, 0.2) is 91.0 Å². The second-order valence-electron chi connectivity index (χ2n) is 6.66. The van der Waals surface area contributed by atoms with Gasteiger partial charge in [-0.1, -0.05) is 54.6 Å². The summed E-state index contributed by atoms with van der Waals surface area (Å²) in [5.74, 6) is -0.559. The van der Waals surface area contributed by atoms with E-state index in [9.17, 15) is 14.4 Å². The van der Waals surface area contributed by atoms with E-state index in [1.165, 1.54) is 6.92 Å². The van der Waals surface area contributed by atoms with Gasteiger partial charge in [0, 0.05) is 19.5 Å². The third-order valence-corrected chi connectivity index (χ3v) is 9.37. The minimum Gasteiger partial charge on any atom is -0.300 e. The van der Waals surface area contributed by atoms with E-state index in [1.807, 2.05) is 91.0 Å². The van der Waals surface area contributed by atoms with Crippen molar-refractivity contribution in [2.45, 2.75) is 19.0 Å². The molecule has 0 aliphatic heterocycles. The number of rotatable bonds is 8. The van der Waals surface area contributed by atoms with Gasteiger partial charge < -0.3 is 0 Å². The van der Waals surface area contributed by atoms with Crippen LogP contribution in [0.1, 0.15) is 13.3 Å². The van der Waals surface area contributed by atoms with Gasteiger partial charge in [0.2, 0.25) is 0 Å².